The van der Waals surface area contributed by atoms with Crippen LogP contribution >= 0.6 is 39.9 Å². The van der Waals surface area contributed by atoms with Crippen molar-refractivity contribution < 1.29 is 24.6 Å². The van der Waals surface area contributed by atoms with Crippen LogP contribution in [0.1, 0.15) is 24.8 Å². The molecule has 1 aromatic rings. The first kappa shape index (κ1) is 21.4. The molecule has 7 nitrogen and oxygen atoms in total. The number of rotatable bonds is 8. The molecule has 1 heterocycles. The number of thiocarbonyl (C=S) groups is 1. The Bertz CT molecular complexity index is 813. The fourth-order valence-electron chi connectivity index (χ4n) is 2.24. The van der Waals surface area contributed by atoms with Crippen LogP contribution in [0.4, 0.5) is 0 Å². The molecule has 27 heavy (non-hydrogen) atoms. The number of carboxylic acid groups (broad SMARTS) is 1. The highest BCUT2D eigenvalue weighted by atomic mass is 79.9. The smallest absolute Gasteiger partial charge is 0.303 e. The molecular weight excluding hydrogens is 456 g/mol. The molecule has 2 rings (SSSR count). The summed E-state index contributed by atoms with van der Waals surface area (Å²) in [6.45, 7) is 0.406. The fourth-order valence-corrected chi connectivity index (χ4v) is 3.92. The van der Waals surface area contributed by atoms with Crippen LogP contribution < -0.4 is 5.32 Å². The molecule has 3 N–H and O–H groups in total. The maximum absolute atomic E-state index is 12.5. The van der Waals surface area contributed by atoms with E-state index in [-0.39, 0.29) is 43.5 Å². The van der Waals surface area contributed by atoms with Gasteiger partial charge in [0.25, 0.3) is 5.91 Å². The molecule has 0 spiro atoms. The number of hydrogen-bond donors (Lipinski definition) is 3. The summed E-state index contributed by atoms with van der Waals surface area (Å²) < 4.78 is 1.11. The first-order valence-electron chi connectivity index (χ1n) is 8.00. The normalized spacial score (nSPS) is 15.4. The van der Waals surface area contributed by atoms with E-state index in [4.69, 9.17) is 17.3 Å². The molecule has 0 saturated carbocycles. The van der Waals surface area contributed by atoms with E-state index < -0.39 is 5.97 Å². The average molecular weight is 473 g/mol. The van der Waals surface area contributed by atoms with Crippen LogP contribution in [0.15, 0.2) is 27.6 Å². The number of phenolic OH excluding ortho intramolecular Hbond substituents is 1. The topological polar surface area (TPSA) is 107 Å². The lowest BCUT2D eigenvalue weighted by atomic mass is 10.2. The van der Waals surface area contributed by atoms with Crippen molar-refractivity contribution in [2.24, 2.45) is 0 Å². The van der Waals surface area contributed by atoms with Crippen LogP contribution in [0.25, 0.3) is 6.08 Å². The largest absolute Gasteiger partial charge is 0.507 e. The van der Waals surface area contributed by atoms with Crippen molar-refractivity contribution in [3.8, 4) is 5.75 Å². The van der Waals surface area contributed by atoms with Crippen molar-refractivity contribution in [3.63, 3.8) is 0 Å². The molecule has 1 aliphatic heterocycles. The Balaban J connectivity index is 1.92. The Morgan fingerprint density at radius 1 is 1.33 bits per heavy atom. The van der Waals surface area contributed by atoms with E-state index in [0.29, 0.717) is 21.2 Å². The van der Waals surface area contributed by atoms with Crippen LogP contribution in [0, 0.1) is 0 Å². The van der Waals surface area contributed by atoms with Gasteiger partial charge in [0, 0.05) is 36.0 Å². The Labute approximate surface area is 173 Å². The first-order chi connectivity index (χ1) is 12.8. The van der Waals surface area contributed by atoms with E-state index in [1.165, 1.54) is 11.0 Å². The minimum atomic E-state index is -0.912. The molecule has 10 heteroatoms. The van der Waals surface area contributed by atoms with Crippen molar-refractivity contribution in [1.82, 2.24) is 10.2 Å². The van der Waals surface area contributed by atoms with Crippen molar-refractivity contribution in [1.29, 1.82) is 0 Å². The van der Waals surface area contributed by atoms with Gasteiger partial charge in [-0.2, -0.15) is 0 Å². The predicted octanol–water partition coefficient (Wildman–Crippen LogP) is 2.73. The van der Waals surface area contributed by atoms with Crippen LogP contribution in [-0.2, 0) is 14.4 Å². The van der Waals surface area contributed by atoms with E-state index in [1.54, 1.807) is 18.2 Å². The van der Waals surface area contributed by atoms with E-state index in [1.807, 2.05) is 0 Å². The lowest BCUT2D eigenvalue weighted by molar-refractivity contribution is -0.137. The van der Waals surface area contributed by atoms with Crippen molar-refractivity contribution in [2.45, 2.75) is 19.3 Å². The minimum Gasteiger partial charge on any atom is -0.507 e. The van der Waals surface area contributed by atoms with Gasteiger partial charge in [0.15, 0.2) is 0 Å². The number of aromatic hydroxyl groups is 1. The molecule has 0 aliphatic carbocycles. The van der Waals surface area contributed by atoms with Gasteiger partial charge in [-0.25, -0.2) is 0 Å². The average Bonchev–Trinajstić information content (AvgIpc) is 2.86. The summed E-state index contributed by atoms with van der Waals surface area (Å²) in [5.74, 6) is -1.46. The molecule has 0 bridgehead atoms. The number of halogens is 1. The zero-order valence-electron chi connectivity index (χ0n) is 14.1. The SMILES string of the molecule is O=C(O)CCCNC(=O)CCN1C(=O)/C(=C/c2cc(Br)ccc2O)SC1=S. The van der Waals surface area contributed by atoms with Gasteiger partial charge in [0.05, 0.1) is 4.91 Å². The third-order valence-electron chi connectivity index (χ3n) is 3.60. The number of nitrogens with zero attached hydrogens (tertiary/aromatic N) is 1. The Hall–Kier alpha value is -1.91. The molecule has 2 amide bonds. The second-order valence-electron chi connectivity index (χ2n) is 5.63. The maximum Gasteiger partial charge on any atom is 0.303 e. The zero-order chi connectivity index (χ0) is 20.0. The molecule has 0 radical (unpaired) electrons. The molecular formula is C17H17BrN2O5S2. The summed E-state index contributed by atoms with van der Waals surface area (Å²) in [6, 6.07) is 4.89. The van der Waals surface area contributed by atoms with Crippen LogP contribution in [0.5, 0.6) is 5.75 Å². The van der Waals surface area contributed by atoms with E-state index >= 15 is 0 Å². The zero-order valence-corrected chi connectivity index (χ0v) is 17.3. The number of amides is 2. The lowest BCUT2D eigenvalue weighted by Crippen LogP contribution is -2.33. The number of thioether (sulfide) groups is 1. The standard InChI is InChI=1S/C17H17BrN2O5S2/c18-11-3-4-12(21)10(8-11)9-13-16(25)20(17(26)27-13)7-5-14(22)19-6-1-2-15(23)24/h3-4,8-9,21H,1-2,5-7H2,(H,19,22)(H,23,24)/b13-9-. The van der Waals surface area contributed by atoms with Gasteiger partial charge in [0.2, 0.25) is 5.91 Å². The maximum atomic E-state index is 12.5. The third-order valence-corrected chi connectivity index (χ3v) is 5.47. The Kier molecular flexibility index (Phi) is 7.81. The van der Waals surface area contributed by atoms with Gasteiger partial charge in [-0.3, -0.25) is 19.3 Å². The highest BCUT2D eigenvalue weighted by molar-refractivity contribution is 9.10. The molecule has 1 fully saturated rings. The molecule has 0 unspecified atom stereocenters. The van der Waals surface area contributed by atoms with Crippen molar-refractivity contribution >= 4 is 68.1 Å². The minimum absolute atomic E-state index is 0.0117. The highest BCUT2D eigenvalue weighted by Gasteiger charge is 2.32. The molecule has 1 aromatic carbocycles. The number of hydrogen-bond acceptors (Lipinski definition) is 6. The van der Waals surface area contributed by atoms with Gasteiger partial charge in [-0.15, -0.1) is 0 Å². The van der Waals surface area contributed by atoms with Gasteiger partial charge in [0.1, 0.15) is 10.1 Å². The van der Waals surface area contributed by atoms with Gasteiger partial charge >= 0.3 is 5.97 Å². The van der Waals surface area contributed by atoms with E-state index in [9.17, 15) is 19.5 Å². The Morgan fingerprint density at radius 3 is 2.78 bits per heavy atom. The number of carboxylic acids is 1. The molecule has 144 valence electrons. The quantitative estimate of drug-likeness (QED) is 0.303. The number of carbonyl (C=O) groups is 3. The summed E-state index contributed by atoms with van der Waals surface area (Å²) in [6.07, 6.45) is 1.96. The highest BCUT2D eigenvalue weighted by Crippen LogP contribution is 2.34. The van der Waals surface area contributed by atoms with Crippen LogP contribution in [0.2, 0.25) is 0 Å². The monoisotopic (exact) mass is 472 g/mol. The third kappa shape index (κ3) is 6.33. The van der Waals surface area contributed by atoms with Crippen molar-refractivity contribution in [2.75, 3.05) is 13.1 Å². The summed E-state index contributed by atoms with van der Waals surface area (Å²) in [4.78, 5) is 36.5. The first-order valence-corrected chi connectivity index (χ1v) is 10.0. The van der Waals surface area contributed by atoms with Crippen LogP contribution in [-0.4, -0.2) is 50.3 Å². The number of phenols is 1. The van der Waals surface area contributed by atoms with Gasteiger partial charge in [-0.05, 0) is 30.7 Å². The van der Waals surface area contributed by atoms with E-state index in [2.05, 4.69) is 21.2 Å². The molecule has 0 atom stereocenters. The van der Waals surface area contributed by atoms with Crippen molar-refractivity contribution in [3.05, 3.63) is 33.1 Å². The number of aliphatic carboxylic acids is 1. The number of nitrogens with one attached hydrogen (secondary N) is 1. The second kappa shape index (κ2) is 9.86. The molecule has 1 saturated heterocycles. The summed E-state index contributed by atoms with van der Waals surface area (Å²) in [5, 5.41) is 21.1. The number of carbonyl (C=O) groups excluding carboxylic acids is 2. The predicted molar refractivity (Wildman–Crippen MR) is 110 cm³/mol. The molecule has 1 aliphatic rings. The molecule has 0 aromatic heterocycles. The van der Waals surface area contributed by atoms with E-state index in [0.717, 1.165) is 16.2 Å². The second-order valence-corrected chi connectivity index (χ2v) is 8.23. The lowest BCUT2D eigenvalue weighted by Gasteiger charge is -2.14. The Morgan fingerprint density at radius 2 is 2.07 bits per heavy atom. The summed E-state index contributed by atoms with van der Waals surface area (Å²) >= 11 is 9.64. The summed E-state index contributed by atoms with van der Waals surface area (Å²) in [7, 11) is 0. The summed E-state index contributed by atoms with van der Waals surface area (Å²) in [5.41, 5.74) is 0.487. The van der Waals surface area contributed by atoms with Gasteiger partial charge in [-0.1, -0.05) is 39.9 Å². The number of benzene rings is 1. The van der Waals surface area contributed by atoms with Crippen LogP contribution in [0.3, 0.4) is 0 Å². The van der Waals surface area contributed by atoms with Gasteiger partial charge < -0.3 is 15.5 Å². The fraction of sp³-hybridized carbons (Fsp3) is 0.294.